The van der Waals surface area contributed by atoms with E-state index < -0.39 is 0 Å². The van der Waals surface area contributed by atoms with Gasteiger partial charge in [0.25, 0.3) is 0 Å². The second-order valence-corrected chi connectivity index (χ2v) is 6.67. The van der Waals surface area contributed by atoms with Crippen molar-refractivity contribution in [3.8, 4) is 17.1 Å². The molecule has 0 amide bonds. The first-order chi connectivity index (χ1) is 13.2. The lowest BCUT2D eigenvalue weighted by Gasteiger charge is -2.19. The van der Waals surface area contributed by atoms with E-state index in [0.29, 0.717) is 5.69 Å². The molecule has 27 heavy (non-hydrogen) atoms. The molecule has 1 heterocycles. The Balaban J connectivity index is 2.39. The van der Waals surface area contributed by atoms with Gasteiger partial charge in [0.15, 0.2) is 5.69 Å². The molecule has 0 unspecified atom stereocenters. The Morgan fingerprint density at radius 2 is 1.56 bits per heavy atom. The summed E-state index contributed by atoms with van der Waals surface area (Å²) in [5.41, 5.74) is 8.03. The minimum Gasteiger partial charge on any atom is -0.296 e. The minimum absolute atomic E-state index is 0.651. The lowest BCUT2D eigenvalue weighted by atomic mass is 10.0. The Labute approximate surface area is 162 Å². The summed E-state index contributed by atoms with van der Waals surface area (Å²) in [4.78, 5) is 8.64. The third-order valence-corrected chi connectivity index (χ3v) is 5.15. The van der Waals surface area contributed by atoms with Gasteiger partial charge in [0.2, 0.25) is 0 Å². The van der Waals surface area contributed by atoms with Gasteiger partial charge in [0.1, 0.15) is 5.82 Å². The maximum absolute atomic E-state index is 7.37. The number of para-hydroxylation sites is 1. The second kappa shape index (κ2) is 8.22. The fourth-order valence-electron chi connectivity index (χ4n) is 3.80. The number of hydrogen-bond donors (Lipinski definition) is 0. The van der Waals surface area contributed by atoms with Gasteiger partial charge < -0.3 is 0 Å². The number of benzene rings is 2. The van der Waals surface area contributed by atoms with Gasteiger partial charge in [-0.05, 0) is 42.9 Å². The van der Waals surface area contributed by atoms with Gasteiger partial charge in [-0.1, -0.05) is 64.1 Å². The third-order valence-electron chi connectivity index (χ3n) is 5.15. The van der Waals surface area contributed by atoms with Crippen LogP contribution in [-0.2, 0) is 25.7 Å². The molecule has 0 aliphatic carbocycles. The van der Waals surface area contributed by atoms with Crippen LogP contribution in [0.15, 0.2) is 42.5 Å². The Bertz CT molecular complexity index is 967. The smallest absolute Gasteiger partial charge is 0.187 e. The first-order valence-electron chi connectivity index (χ1n) is 9.87. The monoisotopic (exact) mass is 357 g/mol. The zero-order chi connectivity index (χ0) is 19.4. The third kappa shape index (κ3) is 3.40. The molecule has 1 aromatic heterocycles. The number of aryl methyl sites for hydroxylation is 3. The summed E-state index contributed by atoms with van der Waals surface area (Å²) in [5, 5.41) is 0. The molecule has 0 N–H and O–H groups in total. The van der Waals surface area contributed by atoms with Crippen LogP contribution < -0.4 is 0 Å². The van der Waals surface area contributed by atoms with Crippen molar-refractivity contribution in [1.82, 2.24) is 9.55 Å². The van der Waals surface area contributed by atoms with E-state index >= 15 is 0 Å². The quantitative estimate of drug-likeness (QED) is 0.472. The molecule has 0 aliphatic rings. The Kier molecular flexibility index (Phi) is 5.76. The molecule has 0 bridgehead atoms. The highest BCUT2D eigenvalue weighted by Gasteiger charge is 2.21. The summed E-state index contributed by atoms with van der Waals surface area (Å²) in [7, 11) is 0. The second-order valence-electron chi connectivity index (χ2n) is 6.67. The van der Waals surface area contributed by atoms with Gasteiger partial charge in [-0.3, -0.25) is 4.57 Å². The molecular weight excluding hydrogens is 330 g/mol. The van der Waals surface area contributed by atoms with Crippen molar-refractivity contribution in [2.24, 2.45) is 0 Å². The van der Waals surface area contributed by atoms with E-state index in [2.05, 4.69) is 61.4 Å². The van der Waals surface area contributed by atoms with E-state index in [1.54, 1.807) is 0 Å². The maximum Gasteiger partial charge on any atom is 0.187 e. The Hall–Kier alpha value is -2.86. The van der Waals surface area contributed by atoms with Crippen LogP contribution >= 0.6 is 0 Å². The predicted molar refractivity (Wildman–Crippen MR) is 113 cm³/mol. The summed E-state index contributed by atoms with van der Waals surface area (Å²) in [5.74, 6) is 0.949. The lowest BCUT2D eigenvalue weighted by molar-refractivity contribution is 0.884. The fraction of sp³-hybridized carbons (Fsp3) is 0.333. The van der Waals surface area contributed by atoms with E-state index in [1.807, 2.05) is 18.2 Å². The zero-order valence-electron chi connectivity index (χ0n) is 16.7. The van der Waals surface area contributed by atoms with Crippen molar-refractivity contribution in [3.63, 3.8) is 0 Å². The van der Waals surface area contributed by atoms with Crippen LogP contribution in [-0.4, -0.2) is 9.55 Å². The molecule has 0 fully saturated rings. The number of nitrogens with zero attached hydrogens (tertiary/aromatic N) is 3. The first kappa shape index (κ1) is 18.9. The number of imidazole rings is 1. The molecule has 3 heteroatoms. The molecule has 0 atom stereocenters. The Morgan fingerprint density at radius 1 is 0.889 bits per heavy atom. The fourth-order valence-corrected chi connectivity index (χ4v) is 3.80. The van der Waals surface area contributed by atoms with E-state index in [1.165, 1.54) is 22.5 Å². The van der Waals surface area contributed by atoms with E-state index in [-0.39, 0.29) is 0 Å². The normalized spacial score (nSPS) is 10.8. The van der Waals surface area contributed by atoms with Crippen molar-refractivity contribution in [3.05, 3.63) is 76.4 Å². The van der Waals surface area contributed by atoms with Gasteiger partial charge >= 0.3 is 0 Å². The summed E-state index contributed by atoms with van der Waals surface area (Å²) in [6.07, 6.45) is 3.79. The molecule has 3 nitrogen and oxygen atoms in total. The van der Waals surface area contributed by atoms with Crippen LogP contribution in [0.2, 0.25) is 0 Å². The molecule has 3 aromatic rings. The van der Waals surface area contributed by atoms with Crippen LogP contribution in [0.4, 0.5) is 5.69 Å². The molecule has 2 aromatic carbocycles. The van der Waals surface area contributed by atoms with E-state index in [0.717, 1.165) is 42.8 Å². The largest absolute Gasteiger partial charge is 0.296 e. The molecular formula is C24H27N3. The van der Waals surface area contributed by atoms with Crippen LogP contribution in [0.25, 0.3) is 21.9 Å². The highest BCUT2D eigenvalue weighted by Crippen LogP contribution is 2.33. The average Bonchev–Trinajstić information content (AvgIpc) is 3.11. The molecule has 0 radical (unpaired) electrons. The molecule has 138 valence electrons. The maximum atomic E-state index is 7.37. The molecule has 0 saturated carbocycles. The zero-order valence-corrected chi connectivity index (χ0v) is 16.7. The summed E-state index contributed by atoms with van der Waals surface area (Å²) >= 11 is 0. The van der Waals surface area contributed by atoms with Crippen molar-refractivity contribution < 1.29 is 0 Å². The first-order valence-corrected chi connectivity index (χ1v) is 9.87. The van der Waals surface area contributed by atoms with E-state index in [9.17, 15) is 0 Å². The highest BCUT2D eigenvalue weighted by atomic mass is 15.1. The predicted octanol–water partition coefficient (Wildman–Crippen LogP) is 6.34. The van der Waals surface area contributed by atoms with Crippen LogP contribution in [0.1, 0.15) is 50.2 Å². The standard InChI is InChI=1S/C24H27N3/c1-6-17-12-10-13-18(7-2)23(17)27-22(9-4)21(8-3)26-24(27)19-14-11-15-20(16-19)25-5/h10-16H,6-9H2,1-4H3. The van der Waals surface area contributed by atoms with Gasteiger partial charge in [-0.2, -0.15) is 0 Å². The van der Waals surface area contributed by atoms with Crippen LogP contribution in [0, 0.1) is 6.57 Å². The molecule has 0 spiro atoms. The summed E-state index contributed by atoms with van der Waals surface area (Å²) in [6.45, 7) is 16.1. The van der Waals surface area contributed by atoms with Crippen molar-refractivity contribution in [2.75, 3.05) is 0 Å². The highest BCUT2D eigenvalue weighted by molar-refractivity contribution is 5.67. The summed E-state index contributed by atoms with van der Waals surface area (Å²) in [6, 6.07) is 14.4. The lowest BCUT2D eigenvalue weighted by Crippen LogP contribution is -2.09. The van der Waals surface area contributed by atoms with E-state index in [4.69, 9.17) is 11.6 Å². The number of hydrogen-bond acceptors (Lipinski definition) is 1. The van der Waals surface area contributed by atoms with Gasteiger partial charge in [0, 0.05) is 11.3 Å². The van der Waals surface area contributed by atoms with Crippen molar-refractivity contribution in [2.45, 2.75) is 53.4 Å². The average molecular weight is 358 g/mol. The minimum atomic E-state index is 0.651. The SMILES string of the molecule is [C-]#[N+]c1cccc(-c2nc(CC)c(CC)n2-c2c(CC)cccc2CC)c1. The number of rotatable bonds is 6. The van der Waals surface area contributed by atoms with Gasteiger partial charge in [-0.25, -0.2) is 9.83 Å². The molecule has 0 aliphatic heterocycles. The van der Waals surface area contributed by atoms with Crippen LogP contribution in [0.5, 0.6) is 0 Å². The van der Waals surface area contributed by atoms with Crippen LogP contribution in [0.3, 0.4) is 0 Å². The molecule has 0 saturated heterocycles. The number of aromatic nitrogens is 2. The van der Waals surface area contributed by atoms with Gasteiger partial charge in [-0.15, -0.1) is 0 Å². The molecule has 3 rings (SSSR count). The van der Waals surface area contributed by atoms with Gasteiger partial charge in [0.05, 0.1) is 18.0 Å². The topological polar surface area (TPSA) is 22.2 Å². The van der Waals surface area contributed by atoms with Crippen molar-refractivity contribution >= 4 is 5.69 Å². The Morgan fingerprint density at radius 3 is 2.11 bits per heavy atom. The van der Waals surface area contributed by atoms with Crippen molar-refractivity contribution in [1.29, 1.82) is 0 Å². The summed E-state index contributed by atoms with van der Waals surface area (Å²) < 4.78 is 2.36.